The van der Waals surface area contributed by atoms with Crippen LogP contribution in [-0.4, -0.2) is 41.2 Å². The number of piperazine rings is 1. The molecule has 2 aliphatic rings. The lowest BCUT2D eigenvalue weighted by atomic mass is 9.90. The van der Waals surface area contributed by atoms with E-state index in [1.54, 1.807) is 4.90 Å². The van der Waals surface area contributed by atoms with Crippen LogP contribution >= 0.6 is 11.6 Å². The number of amides is 2. The minimum atomic E-state index is -0.0941. The lowest BCUT2D eigenvalue weighted by molar-refractivity contribution is -0.149. The summed E-state index contributed by atoms with van der Waals surface area (Å²) in [5.74, 6) is 0.0108. The second kappa shape index (κ2) is 6.52. The van der Waals surface area contributed by atoms with Crippen molar-refractivity contribution in [3.63, 3.8) is 0 Å². The summed E-state index contributed by atoms with van der Waals surface area (Å²) in [5.41, 5.74) is 3.26. The maximum atomic E-state index is 12.7. The average molecular weight is 355 g/mol. The highest BCUT2D eigenvalue weighted by Gasteiger charge is 2.38. The Morgan fingerprint density at radius 1 is 1.16 bits per heavy atom. The fourth-order valence-electron chi connectivity index (χ4n) is 3.76. The maximum absolute atomic E-state index is 12.7. The van der Waals surface area contributed by atoms with Gasteiger partial charge < -0.3 is 9.80 Å². The normalized spacial score (nSPS) is 19.4. The molecule has 0 bridgehead atoms. The summed E-state index contributed by atoms with van der Waals surface area (Å²) in [6, 6.07) is 15.4. The van der Waals surface area contributed by atoms with Crippen molar-refractivity contribution in [2.45, 2.75) is 18.9 Å². The van der Waals surface area contributed by atoms with Crippen molar-refractivity contribution in [3.05, 3.63) is 70.2 Å². The van der Waals surface area contributed by atoms with Crippen LogP contribution in [0.15, 0.2) is 48.5 Å². The molecule has 128 valence electrons. The molecule has 0 spiro atoms. The smallest absolute Gasteiger partial charge is 0.242 e. The van der Waals surface area contributed by atoms with Crippen molar-refractivity contribution in [2.24, 2.45) is 0 Å². The lowest BCUT2D eigenvalue weighted by Crippen LogP contribution is -2.56. The first-order valence-electron chi connectivity index (χ1n) is 8.51. The predicted octanol–water partition coefficient (Wildman–Crippen LogP) is 2.85. The van der Waals surface area contributed by atoms with Gasteiger partial charge in [-0.05, 0) is 35.2 Å². The quantitative estimate of drug-likeness (QED) is 0.832. The molecule has 25 heavy (non-hydrogen) atoms. The highest BCUT2D eigenvalue weighted by Crippen LogP contribution is 2.34. The Morgan fingerprint density at radius 3 is 2.76 bits per heavy atom. The van der Waals surface area contributed by atoms with E-state index in [1.165, 1.54) is 5.56 Å². The molecule has 2 amide bonds. The van der Waals surface area contributed by atoms with Crippen molar-refractivity contribution in [2.75, 3.05) is 19.6 Å². The van der Waals surface area contributed by atoms with Gasteiger partial charge in [-0.2, -0.15) is 0 Å². The second-order valence-electron chi connectivity index (χ2n) is 6.63. The number of hydrogen-bond acceptors (Lipinski definition) is 2. The third-order valence-electron chi connectivity index (χ3n) is 5.06. The van der Waals surface area contributed by atoms with Crippen molar-refractivity contribution in [1.29, 1.82) is 0 Å². The topological polar surface area (TPSA) is 40.6 Å². The summed E-state index contributed by atoms with van der Waals surface area (Å²) in [6.45, 7) is 1.40. The average Bonchev–Trinajstić information content (AvgIpc) is 2.62. The maximum Gasteiger partial charge on any atom is 0.242 e. The van der Waals surface area contributed by atoms with Crippen LogP contribution in [0.1, 0.15) is 22.7 Å². The number of nitrogens with zero attached hydrogens (tertiary/aromatic N) is 2. The summed E-state index contributed by atoms with van der Waals surface area (Å²) in [5, 5.41) is 0.667. The number of carbonyl (C=O) groups is 2. The van der Waals surface area contributed by atoms with Crippen LogP contribution in [0.2, 0.25) is 5.02 Å². The third-order valence-corrected chi connectivity index (χ3v) is 5.29. The van der Waals surface area contributed by atoms with Gasteiger partial charge in [0.25, 0.3) is 0 Å². The van der Waals surface area contributed by atoms with E-state index in [1.807, 2.05) is 53.4 Å². The third kappa shape index (κ3) is 3.14. The summed E-state index contributed by atoms with van der Waals surface area (Å²) >= 11 is 6.17. The fraction of sp³-hybridized carbons (Fsp3) is 0.300. The Hall–Kier alpha value is -2.33. The van der Waals surface area contributed by atoms with E-state index in [4.69, 9.17) is 11.6 Å². The molecule has 0 saturated carbocycles. The minimum Gasteiger partial charge on any atom is -0.332 e. The molecule has 5 heteroatoms. The van der Waals surface area contributed by atoms with Gasteiger partial charge in [0.05, 0.1) is 19.0 Å². The first-order chi connectivity index (χ1) is 12.1. The summed E-state index contributed by atoms with van der Waals surface area (Å²) in [7, 11) is 0. The van der Waals surface area contributed by atoms with Crippen LogP contribution in [0.4, 0.5) is 0 Å². The fourth-order valence-corrected chi connectivity index (χ4v) is 3.94. The van der Waals surface area contributed by atoms with Crippen molar-refractivity contribution >= 4 is 23.4 Å². The first-order valence-corrected chi connectivity index (χ1v) is 8.89. The number of rotatable bonds is 2. The van der Waals surface area contributed by atoms with Crippen LogP contribution in [-0.2, 0) is 22.4 Å². The van der Waals surface area contributed by atoms with E-state index in [-0.39, 0.29) is 24.4 Å². The Labute approximate surface area is 152 Å². The van der Waals surface area contributed by atoms with Gasteiger partial charge in [-0.15, -0.1) is 0 Å². The molecule has 0 aliphatic carbocycles. The molecule has 0 N–H and O–H groups in total. The number of carbonyl (C=O) groups excluding carboxylic acids is 2. The number of fused-ring (bicyclic) bond motifs is 3. The van der Waals surface area contributed by atoms with Gasteiger partial charge in [0, 0.05) is 18.1 Å². The summed E-state index contributed by atoms with van der Waals surface area (Å²) < 4.78 is 0. The number of benzene rings is 2. The first kappa shape index (κ1) is 16.2. The lowest BCUT2D eigenvalue weighted by Gasteiger charge is -2.44. The Morgan fingerprint density at radius 2 is 1.96 bits per heavy atom. The molecule has 1 unspecified atom stereocenters. The van der Waals surface area contributed by atoms with Crippen molar-refractivity contribution in [1.82, 2.24) is 9.80 Å². The van der Waals surface area contributed by atoms with E-state index in [9.17, 15) is 9.59 Å². The van der Waals surface area contributed by atoms with Gasteiger partial charge in [0.2, 0.25) is 11.8 Å². The van der Waals surface area contributed by atoms with Crippen LogP contribution in [0, 0.1) is 0 Å². The summed E-state index contributed by atoms with van der Waals surface area (Å²) in [6.07, 6.45) is 1.16. The zero-order valence-corrected chi connectivity index (χ0v) is 14.6. The second-order valence-corrected chi connectivity index (χ2v) is 7.07. The molecule has 1 atom stereocenters. The van der Waals surface area contributed by atoms with E-state index in [0.29, 0.717) is 24.5 Å². The Kier molecular flexibility index (Phi) is 4.22. The van der Waals surface area contributed by atoms with Crippen LogP contribution < -0.4 is 0 Å². The highest BCUT2D eigenvalue weighted by atomic mass is 35.5. The van der Waals surface area contributed by atoms with E-state index >= 15 is 0 Å². The zero-order valence-electron chi connectivity index (χ0n) is 13.8. The van der Waals surface area contributed by atoms with Crippen LogP contribution in [0.3, 0.4) is 0 Å². The zero-order chi connectivity index (χ0) is 17.4. The van der Waals surface area contributed by atoms with E-state index < -0.39 is 0 Å². The van der Waals surface area contributed by atoms with Crippen molar-refractivity contribution in [3.8, 4) is 0 Å². The number of halogens is 1. The molecule has 0 aromatic heterocycles. The molecule has 2 aromatic rings. The van der Waals surface area contributed by atoms with Gasteiger partial charge >= 0.3 is 0 Å². The number of hydrogen-bond donors (Lipinski definition) is 0. The molecule has 1 fully saturated rings. The van der Waals surface area contributed by atoms with Gasteiger partial charge in [0.1, 0.15) is 0 Å². The molecule has 0 radical (unpaired) electrons. The molecule has 2 aromatic carbocycles. The van der Waals surface area contributed by atoms with Crippen LogP contribution in [0.25, 0.3) is 0 Å². The van der Waals surface area contributed by atoms with Gasteiger partial charge in [-0.25, -0.2) is 0 Å². The Bertz CT molecular complexity index is 822. The van der Waals surface area contributed by atoms with Gasteiger partial charge in [0.15, 0.2) is 0 Å². The SMILES string of the molecule is O=C(Cc1ccccc1)N1CC(=O)N2CCc3ccc(Cl)cc3C2C1. The highest BCUT2D eigenvalue weighted by molar-refractivity contribution is 6.30. The molecule has 2 aliphatic heterocycles. The van der Waals surface area contributed by atoms with E-state index in [2.05, 4.69) is 0 Å². The minimum absolute atomic E-state index is 0.00616. The van der Waals surface area contributed by atoms with Gasteiger partial charge in [-0.3, -0.25) is 9.59 Å². The van der Waals surface area contributed by atoms with Gasteiger partial charge in [-0.1, -0.05) is 48.0 Å². The molecular formula is C20H19ClN2O2. The van der Waals surface area contributed by atoms with Crippen molar-refractivity contribution < 1.29 is 9.59 Å². The molecule has 4 nitrogen and oxygen atoms in total. The Balaban J connectivity index is 1.58. The largest absolute Gasteiger partial charge is 0.332 e. The monoisotopic (exact) mass is 354 g/mol. The molecular weight excluding hydrogens is 336 g/mol. The predicted molar refractivity (Wildman–Crippen MR) is 96.3 cm³/mol. The van der Waals surface area contributed by atoms with Crippen LogP contribution in [0.5, 0.6) is 0 Å². The molecule has 4 rings (SSSR count). The molecule has 1 saturated heterocycles. The molecule has 2 heterocycles. The standard InChI is InChI=1S/C20H19ClN2O2/c21-16-7-6-15-8-9-23-18(17(15)11-16)12-22(13-20(23)25)19(24)10-14-4-2-1-3-5-14/h1-7,11,18H,8-10,12-13H2. The van der Waals surface area contributed by atoms with E-state index in [0.717, 1.165) is 17.5 Å². The summed E-state index contributed by atoms with van der Waals surface area (Å²) in [4.78, 5) is 28.9.